The number of ether oxygens (including phenoxy) is 3. The van der Waals surface area contributed by atoms with Gasteiger partial charge in [-0.3, -0.25) is 10.2 Å². The Morgan fingerprint density at radius 3 is 1.89 bits per heavy atom. The number of hydrogen-bond donors (Lipinski definition) is 2. The van der Waals surface area contributed by atoms with Crippen molar-refractivity contribution < 1.29 is 28.6 Å². The van der Waals surface area contributed by atoms with E-state index >= 15 is 0 Å². The Balaban J connectivity index is 5.86. The van der Waals surface area contributed by atoms with Gasteiger partial charge >= 0.3 is 17.4 Å². The van der Waals surface area contributed by atoms with Gasteiger partial charge in [0.05, 0.1) is 20.8 Å². The van der Waals surface area contributed by atoms with Crippen LogP contribution in [0.1, 0.15) is 6.92 Å². The Morgan fingerprint density at radius 2 is 1.61 bits per heavy atom. The summed E-state index contributed by atoms with van der Waals surface area (Å²) in [6.45, 7) is 1.54. The summed E-state index contributed by atoms with van der Waals surface area (Å²) >= 11 is 0. The number of nitrogens with one attached hydrogen (secondary N) is 2. The van der Waals surface area contributed by atoms with Gasteiger partial charge in [0.2, 0.25) is 5.90 Å². The van der Waals surface area contributed by atoms with Crippen LogP contribution in [0.2, 0.25) is 0 Å². The molecule has 0 bridgehead atoms. The van der Waals surface area contributed by atoms with Crippen molar-refractivity contribution in [3.05, 3.63) is 0 Å². The molecule has 0 fully saturated rings. The molecule has 0 aromatic carbocycles. The van der Waals surface area contributed by atoms with E-state index in [9.17, 15) is 14.4 Å². The first-order valence-electron chi connectivity index (χ1n) is 5.04. The number of esters is 2. The molecule has 0 rings (SSSR count). The number of amides is 1. The van der Waals surface area contributed by atoms with Gasteiger partial charge in [-0.1, -0.05) is 0 Å². The number of carbonyl (C=O) groups is 3. The molecule has 1 amide bonds. The van der Waals surface area contributed by atoms with Crippen molar-refractivity contribution in [3.63, 3.8) is 0 Å². The zero-order valence-electron chi connectivity index (χ0n) is 10.7. The molecule has 0 atom stereocenters. The topological polar surface area (TPSA) is 115 Å². The molecule has 0 aliphatic heterocycles. The normalized spacial score (nSPS) is 10.2. The SMILES string of the molecule is CCOC(=N)C(C(=O)NC)(C(=O)OC)C(=O)OC. The summed E-state index contributed by atoms with van der Waals surface area (Å²) in [7, 11) is 3.19. The molecule has 0 heterocycles. The van der Waals surface area contributed by atoms with E-state index in [-0.39, 0.29) is 6.61 Å². The second-order valence-corrected chi connectivity index (χ2v) is 3.07. The van der Waals surface area contributed by atoms with Gasteiger partial charge in [0, 0.05) is 7.05 Å². The molecule has 0 aromatic rings. The minimum Gasteiger partial charge on any atom is -0.480 e. The van der Waals surface area contributed by atoms with Crippen LogP contribution in [0.4, 0.5) is 0 Å². The second kappa shape index (κ2) is 6.58. The van der Waals surface area contributed by atoms with Gasteiger partial charge < -0.3 is 19.5 Å². The predicted octanol–water partition coefficient (Wildman–Crippen LogP) is -0.921. The number of carbonyl (C=O) groups excluding carboxylic acids is 3. The third-order valence-corrected chi connectivity index (χ3v) is 2.18. The molecule has 18 heavy (non-hydrogen) atoms. The fraction of sp³-hybridized carbons (Fsp3) is 0.600. The van der Waals surface area contributed by atoms with Gasteiger partial charge in [0.15, 0.2) is 0 Å². The molecule has 8 nitrogen and oxygen atoms in total. The molecule has 0 radical (unpaired) electrons. The largest absolute Gasteiger partial charge is 0.480 e. The summed E-state index contributed by atoms with van der Waals surface area (Å²) in [5, 5.41) is 9.72. The summed E-state index contributed by atoms with van der Waals surface area (Å²) in [5.41, 5.74) is -2.58. The van der Waals surface area contributed by atoms with E-state index < -0.39 is 29.2 Å². The number of hydrogen-bond acceptors (Lipinski definition) is 7. The van der Waals surface area contributed by atoms with E-state index in [1.807, 2.05) is 0 Å². The Morgan fingerprint density at radius 1 is 1.17 bits per heavy atom. The highest BCUT2D eigenvalue weighted by Crippen LogP contribution is 2.24. The average Bonchev–Trinajstić information content (AvgIpc) is 2.38. The van der Waals surface area contributed by atoms with Crippen LogP contribution in [0, 0.1) is 10.8 Å². The zero-order chi connectivity index (χ0) is 14.3. The van der Waals surface area contributed by atoms with Crippen molar-refractivity contribution in [2.75, 3.05) is 27.9 Å². The standard InChI is InChI=1S/C10H16N2O6/c1-5-18-6(11)10(7(13)12-2,8(14)16-3)9(15)17-4/h11H,5H2,1-4H3,(H,12,13). The lowest BCUT2D eigenvalue weighted by Crippen LogP contribution is -2.57. The quantitative estimate of drug-likeness (QED) is 0.286. The van der Waals surface area contributed by atoms with Crippen molar-refractivity contribution in [3.8, 4) is 0 Å². The lowest BCUT2D eigenvalue weighted by molar-refractivity contribution is -0.168. The van der Waals surface area contributed by atoms with E-state index in [1.165, 1.54) is 14.0 Å². The minimum absolute atomic E-state index is 0.00552. The Labute approximate surface area is 104 Å². The van der Waals surface area contributed by atoms with Crippen molar-refractivity contribution in [1.29, 1.82) is 5.41 Å². The van der Waals surface area contributed by atoms with Crippen LogP contribution in [0.3, 0.4) is 0 Å². The first kappa shape index (κ1) is 15.9. The average molecular weight is 260 g/mol. The van der Waals surface area contributed by atoms with Crippen LogP contribution in [0.15, 0.2) is 0 Å². The maximum Gasteiger partial charge on any atom is 0.342 e. The van der Waals surface area contributed by atoms with Gasteiger partial charge in [-0.2, -0.15) is 0 Å². The van der Waals surface area contributed by atoms with Crippen molar-refractivity contribution in [1.82, 2.24) is 5.32 Å². The maximum absolute atomic E-state index is 11.8. The van der Waals surface area contributed by atoms with Crippen LogP contribution in [-0.2, 0) is 28.6 Å². The second-order valence-electron chi connectivity index (χ2n) is 3.07. The lowest BCUT2D eigenvalue weighted by Gasteiger charge is -2.26. The Kier molecular flexibility index (Phi) is 5.80. The fourth-order valence-electron chi connectivity index (χ4n) is 1.30. The van der Waals surface area contributed by atoms with Crippen LogP contribution in [0.5, 0.6) is 0 Å². The first-order valence-corrected chi connectivity index (χ1v) is 5.04. The van der Waals surface area contributed by atoms with Gasteiger partial charge in [0.1, 0.15) is 0 Å². The predicted molar refractivity (Wildman–Crippen MR) is 59.9 cm³/mol. The smallest absolute Gasteiger partial charge is 0.342 e. The van der Waals surface area contributed by atoms with E-state index in [2.05, 4.69) is 14.8 Å². The summed E-state index contributed by atoms with van der Waals surface area (Å²) in [4.78, 5) is 35.3. The molecule has 0 aromatic heterocycles. The summed E-state index contributed by atoms with van der Waals surface area (Å²) in [6.07, 6.45) is 0. The van der Waals surface area contributed by atoms with E-state index in [4.69, 9.17) is 10.1 Å². The number of rotatable bonds is 5. The minimum atomic E-state index is -2.58. The molecule has 102 valence electrons. The van der Waals surface area contributed by atoms with Crippen LogP contribution in [0.25, 0.3) is 0 Å². The van der Waals surface area contributed by atoms with Gasteiger partial charge in [0.25, 0.3) is 5.91 Å². The van der Waals surface area contributed by atoms with Crippen LogP contribution < -0.4 is 5.32 Å². The van der Waals surface area contributed by atoms with Gasteiger partial charge in [-0.25, -0.2) is 9.59 Å². The fourth-order valence-corrected chi connectivity index (χ4v) is 1.30. The molecular weight excluding hydrogens is 244 g/mol. The third kappa shape index (κ3) is 2.41. The van der Waals surface area contributed by atoms with E-state index in [0.717, 1.165) is 14.2 Å². The van der Waals surface area contributed by atoms with Crippen LogP contribution >= 0.6 is 0 Å². The third-order valence-electron chi connectivity index (χ3n) is 2.18. The molecular formula is C10H16N2O6. The van der Waals surface area contributed by atoms with Gasteiger partial charge in [-0.15, -0.1) is 0 Å². The summed E-state index contributed by atoms with van der Waals surface area (Å²) in [6, 6.07) is 0. The molecule has 0 saturated carbocycles. The van der Waals surface area contributed by atoms with Gasteiger partial charge in [-0.05, 0) is 6.92 Å². The molecule has 0 aliphatic rings. The lowest BCUT2D eigenvalue weighted by atomic mass is 9.86. The highest BCUT2D eigenvalue weighted by molar-refractivity contribution is 6.34. The van der Waals surface area contributed by atoms with Crippen molar-refractivity contribution >= 4 is 23.7 Å². The number of methoxy groups -OCH3 is 2. The zero-order valence-corrected chi connectivity index (χ0v) is 10.7. The van der Waals surface area contributed by atoms with Crippen molar-refractivity contribution in [2.45, 2.75) is 6.92 Å². The molecule has 0 saturated heterocycles. The van der Waals surface area contributed by atoms with Crippen LogP contribution in [-0.4, -0.2) is 51.6 Å². The van der Waals surface area contributed by atoms with E-state index in [0.29, 0.717) is 0 Å². The summed E-state index contributed by atoms with van der Waals surface area (Å²) < 4.78 is 13.6. The first-order chi connectivity index (χ1) is 8.43. The highest BCUT2D eigenvalue weighted by Gasteiger charge is 2.61. The highest BCUT2D eigenvalue weighted by atomic mass is 16.6. The summed E-state index contributed by atoms with van der Waals surface area (Å²) in [5.74, 6) is -4.39. The van der Waals surface area contributed by atoms with Crippen molar-refractivity contribution in [2.24, 2.45) is 5.41 Å². The molecule has 0 aliphatic carbocycles. The molecule has 2 N–H and O–H groups in total. The molecule has 0 spiro atoms. The molecule has 0 unspecified atom stereocenters. The monoisotopic (exact) mass is 260 g/mol. The Bertz CT molecular complexity index is 325. The maximum atomic E-state index is 11.8. The van der Waals surface area contributed by atoms with E-state index in [1.54, 1.807) is 0 Å². The molecule has 8 heteroatoms. The Hall–Kier alpha value is -2.12.